The summed E-state index contributed by atoms with van der Waals surface area (Å²) in [6, 6.07) is 12.5. The van der Waals surface area contributed by atoms with Crippen molar-refractivity contribution < 1.29 is 18.8 Å². The quantitative estimate of drug-likeness (QED) is 0.238. The van der Waals surface area contributed by atoms with Crippen molar-refractivity contribution in [3.8, 4) is 0 Å². The number of aliphatic hydroxyl groups is 1. The molecule has 0 bridgehead atoms. The van der Waals surface area contributed by atoms with E-state index in [1.807, 2.05) is 24.3 Å². The summed E-state index contributed by atoms with van der Waals surface area (Å²) in [7, 11) is 0. The number of aliphatic hydroxyl groups excluding tert-OH is 1. The van der Waals surface area contributed by atoms with Gasteiger partial charge in [-0.3, -0.25) is 4.79 Å². The molecule has 0 radical (unpaired) electrons. The summed E-state index contributed by atoms with van der Waals surface area (Å²) in [5.41, 5.74) is 3.54. The summed E-state index contributed by atoms with van der Waals surface area (Å²) >= 11 is 12.5. The Morgan fingerprint density at radius 2 is 1.86 bits per heavy atom. The van der Waals surface area contributed by atoms with Gasteiger partial charge in [-0.2, -0.15) is 0 Å². The Hall–Kier alpha value is -2.80. The van der Waals surface area contributed by atoms with Crippen molar-refractivity contribution in [1.29, 1.82) is 0 Å². The third-order valence-corrected chi connectivity index (χ3v) is 6.86. The number of aromatic nitrogens is 1. The molecule has 2 aromatic heterocycles. The Labute approximate surface area is 220 Å². The number of benzene rings is 2. The Kier molecular flexibility index (Phi) is 8.08. The lowest BCUT2D eigenvalue weighted by atomic mass is 9.97. The summed E-state index contributed by atoms with van der Waals surface area (Å²) in [6.45, 7) is 7.84. The van der Waals surface area contributed by atoms with Crippen LogP contribution < -0.4 is 5.32 Å². The average Bonchev–Trinajstić information content (AvgIpc) is 3.38. The summed E-state index contributed by atoms with van der Waals surface area (Å²) in [5, 5.41) is 19.8. The van der Waals surface area contributed by atoms with E-state index in [-0.39, 0.29) is 18.4 Å². The first-order valence-corrected chi connectivity index (χ1v) is 12.8. The topological polar surface area (TPSA) is 88.5 Å². The van der Waals surface area contributed by atoms with Crippen molar-refractivity contribution in [2.24, 2.45) is 5.92 Å². The first-order valence-electron chi connectivity index (χ1n) is 12.0. The summed E-state index contributed by atoms with van der Waals surface area (Å²) < 4.78 is 11.0. The second-order valence-corrected chi connectivity index (χ2v) is 10.4. The maximum Gasteiger partial charge on any atom is 0.224 e. The summed E-state index contributed by atoms with van der Waals surface area (Å²) in [5.74, 6) is 1.33. The third kappa shape index (κ3) is 5.94. The second kappa shape index (κ2) is 11.1. The van der Waals surface area contributed by atoms with Gasteiger partial charge in [0.25, 0.3) is 0 Å². The molecule has 0 saturated heterocycles. The number of carbonyl (C=O) groups excluding carboxylic acids is 1. The molecule has 2 heterocycles. The number of halogens is 2. The first kappa shape index (κ1) is 26.3. The number of fused-ring (bicyclic) bond motifs is 1. The van der Waals surface area contributed by atoms with Gasteiger partial charge in [0.2, 0.25) is 5.91 Å². The van der Waals surface area contributed by atoms with Crippen LogP contribution in [0.1, 0.15) is 72.7 Å². The molecule has 4 rings (SSSR count). The molecule has 190 valence electrons. The van der Waals surface area contributed by atoms with E-state index in [0.717, 1.165) is 29.4 Å². The highest BCUT2D eigenvalue weighted by molar-refractivity contribution is 6.35. The molecule has 0 aliphatic rings. The van der Waals surface area contributed by atoms with Crippen molar-refractivity contribution in [3.05, 3.63) is 86.4 Å². The van der Waals surface area contributed by atoms with Crippen LogP contribution in [-0.2, 0) is 11.2 Å². The lowest BCUT2D eigenvalue weighted by Gasteiger charge is -2.21. The molecule has 2 aromatic carbocycles. The second-order valence-electron chi connectivity index (χ2n) is 9.60. The fraction of sp³-hybridized carbons (Fsp3) is 0.357. The molecule has 0 saturated carbocycles. The molecule has 6 nitrogen and oxygen atoms in total. The van der Waals surface area contributed by atoms with Crippen molar-refractivity contribution in [2.75, 3.05) is 0 Å². The molecular weight excluding hydrogens is 499 g/mol. The van der Waals surface area contributed by atoms with E-state index in [0.29, 0.717) is 44.3 Å². The highest BCUT2D eigenvalue weighted by Crippen LogP contribution is 2.33. The van der Waals surface area contributed by atoms with Gasteiger partial charge in [0.05, 0.1) is 23.7 Å². The predicted molar refractivity (Wildman–Crippen MR) is 141 cm³/mol. The van der Waals surface area contributed by atoms with Crippen LogP contribution >= 0.6 is 23.2 Å². The number of rotatable bonds is 9. The fourth-order valence-corrected chi connectivity index (χ4v) is 4.94. The zero-order valence-electron chi connectivity index (χ0n) is 20.8. The minimum atomic E-state index is -0.985. The van der Waals surface area contributed by atoms with Crippen LogP contribution in [0.4, 0.5) is 0 Å². The zero-order chi connectivity index (χ0) is 26.0. The highest BCUT2D eigenvalue weighted by atomic mass is 35.5. The van der Waals surface area contributed by atoms with Gasteiger partial charge in [-0.15, -0.1) is 0 Å². The van der Waals surface area contributed by atoms with Gasteiger partial charge < -0.3 is 19.4 Å². The third-order valence-electron chi connectivity index (χ3n) is 6.30. The van der Waals surface area contributed by atoms with E-state index in [1.54, 1.807) is 32.0 Å². The molecule has 2 N–H and O–H groups in total. The minimum Gasteiger partial charge on any atom is -0.458 e. The van der Waals surface area contributed by atoms with Gasteiger partial charge in [0.1, 0.15) is 23.2 Å². The standard InChI is InChI=1S/C28H30Cl2N2O4/c1-15(2)5-9-23(21-8-7-20(29)14-22(21)30)31-26(33)12-18-6-10-24-19(11-18)13-25(35-24)28(34)27-16(3)32-36-17(27)4/h6-8,10-11,13-15,23,28,34H,5,9,12H2,1-4H3,(H,31,33). The molecular formula is C28H30Cl2N2O4. The molecule has 2 atom stereocenters. The van der Waals surface area contributed by atoms with Crippen molar-refractivity contribution in [1.82, 2.24) is 10.5 Å². The van der Waals surface area contributed by atoms with Gasteiger partial charge >= 0.3 is 0 Å². The molecule has 1 amide bonds. The highest BCUT2D eigenvalue weighted by Gasteiger charge is 2.24. The molecule has 8 heteroatoms. The molecule has 0 aliphatic heterocycles. The number of amides is 1. The number of hydrogen-bond donors (Lipinski definition) is 2. The SMILES string of the molecule is Cc1noc(C)c1C(O)c1cc2cc(CC(=O)NC(CCC(C)C)c3ccc(Cl)cc3Cl)ccc2o1. The molecule has 4 aromatic rings. The Balaban J connectivity index is 1.51. The summed E-state index contributed by atoms with van der Waals surface area (Å²) in [4.78, 5) is 13.0. The van der Waals surface area contributed by atoms with Crippen LogP contribution in [0.3, 0.4) is 0 Å². The number of carbonyl (C=O) groups is 1. The van der Waals surface area contributed by atoms with E-state index >= 15 is 0 Å². The summed E-state index contributed by atoms with van der Waals surface area (Å²) in [6.07, 6.45) is 0.934. The van der Waals surface area contributed by atoms with E-state index in [1.165, 1.54) is 0 Å². The lowest BCUT2D eigenvalue weighted by Crippen LogP contribution is -2.30. The predicted octanol–water partition coefficient (Wildman–Crippen LogP) is 7.26. The number of nitrogens with zero attached hydrogens (tertiary/aromatic N) is 1. The van der Waals surface area contributed by atoms with Crippen LogP contribution in [0.5, 0.6) is 0 Å². The van der Waals surface area contributed by atoms with Crippen molar-refractivity contribution in [3.63, 3.8) is 0 Å². The Morgan fingerprint density at radius 1 is 1.08 bits per heavy atom. The molecule has 0 fully saturated rings. The Bertz CT molecular complexity index is 1360. The normalized spacial score (nSPS) is 13.3. The fourth-order valence-electron chi connectivity index (χ4n) is 4.40. The maximum absolute atomic E-state index is 13.0. The maximum atomic E-state index is 13.0. The number of aryl methyl sites for hydroxylation is 2. The minimum absolute atomic E-state index is 0.103. The number of furan rings is 1. The van der Waals surface area contributed by atoms with Crippen LogP contribution in [0, 0.1) is 19.8 Å². The van der Waals surface area contributed by atoms with E-state index in [9.17, 15) is 9.90 Å². The molecule has 0 aliphatic carbocycles. The molecule has 2 unspecified atom stereocenters. The lowest BCUT2D eigenvalue weighted by molar-refractivity contribution is -0.121. The average molecular weight is 529 g/mol. The zero-order valence-corrected chi connectivity index (χ0v) is 22.3. The monoisotopic (exact) mass is 528 g/mol. The molecule has 36 heavy (non-hydrogen) atoms. The number of nitrogens with one attached hydrogen (secondary N) is 1. The van der Waals surface area contributed by atoms with Gasteiger partial charge in [0.15, 0.2) is 0 Å². The van der Waals surface area contributed by atoms with Gasteiger partial charge in [-0.25, -0.2) is 0 Å². The van der Waals surface area contributed by atoms with E-state index < -0.39 is 6.10 Å². The Morgan fingerprint density at radius 3 is 2.53 bits per heavy atom. The van der Waals surface area contributed by atoms with Gasteiger partial charge in [-0.1, -0.05) is 54.3 Å². The van der Waals surface area contributed by atoms with Crippen LogP contribution in [0.15, 0.2) is 51.4 Å². The van der Waals surface area contributed by atoms with Crippen LogP contribution in [0.2, 0.25) is 10.0 Å². The van der Waals surface area contributed by atoms with E-state index in [2.05, 4.69) is 24.3 Å². The smallest absolute Gasteiger partial charge is 0.224 e. The number of hydrogen-bond acceptors (Lipinski definition) is 5. The van der Waals surface area contributed by atoms with Gasteiger partial charge in [-0.05, 0) is 74.1 Å². The van der Waals surface area contributed by atoms with Gasteiger partial charge in [0, 0.05) is 15.4 Å². The van der Waals surface area contributed by atoms with Crippen molar-refractivity contribution >= 4 is 40.1 Å². The van der Waals surface area contributed by atoms with Crippen LogP contribution in [-0.4, -0.2) is 16.2 Å². The van der Waals surface area contributed by atoms with Crippen molar-refractivity contribution in [2.45, 2.75) is 59.1 Å². The largest absolute Gasteiger partial charge is 0.458 e. The first-order chi connectivity index (χ1) is 17.1. The van der Waals surface area contributed by atoms with Crippen LogP contribution in [0.25, 0.3) is 11.0 Å². The molecule has 0 spiro atoms. The van der Waals surface area contributed by atoms with E-state index in [4.69, 9.17) is 32.1 Å².